The summed E-state index contributed by atoms with van der Waals surface area (Å²) in [6.07, 6.45) is 0.972. The first-order chi connectivity index (χ1) is 15.4. The van der Waals surface area contributed by atoms with Crippen LogP contribution in [0, 0.1) is 13.8 Å². The van der Waals surface area contributed by atoms with Gasteiger partial charge in [0.05, 0.1) is 11.0 Å². The van der Waals surface area contributed by atoms with Gasteiger partial charge in [0, 0.05) is 34.3 Å². The van der Waals surface area contributed by atoms with Gasteiger partial charge < -0.3 is 13.9 Å². The van der Waals surface area contributed by atoms with Gasteiger partial charge in [0.15, 0.2) is 12.0 Å². The molecule has 6 heteroatoms. The molecule has 2 aromatic carbocycles. The number of benzene rings is 2. The number of carbonyl (C=O) groups is 2. The average Bonchev–Trinajstić information content (AvgIpc) is 3.09. The van der Waals surface area contributed by atoms with E-state index in [1.165, 1.54) is 0 Å². The number of Topliss-reactive ketones (excluding diaryl/α,β-unsaturated/α-hetero) is 1. The molecule has 0 amide bonds. The Labute approximate surface area is 186 Å². The van der Waals surface area contributed by atoms with Crippen LogP contribution in [0.1, 0.15) is 35.1 Å². The van der Waals surface area contributed by atoms with E-state index >= 15 is 0 Å². The Morgan fingerprint density at radius 2 is 1.50 bits per heavy atom. The molecule has 2 heterocycles. The summed E-state index contributed by atoms with van der Waals surface area (Å²) in [7, 11) is 0. The minimum Gasteiger partial charge on any atom is -0.456 e. The Balaban J connectivity index is 1.58. The average molecular weight is 431 g/mol. The monoisotopic (exact) mass is 430 g/mol. The van der Waals surface area contributed by atoms with E-state index in [4.69, 9.17) is 4.74 Å². The zero-order valence-electron chi connectivity index (χ0n) is 18.6. The molecule has 0 aliphatic carbocycles. The molecule has 0 unspecified atom stereocenters. The maximum Gasteiger partial charge on any atom is 0.326 e. The van der Waals surface area contributed by atoms with Crippen LogP contribution in [-0.4, -0.2) is 27.5 Å². The first-order valence-corrected chi connectivity index (χ1v) is 10.8. The number of carbonyl (C=O) groups excluding carboxylic acids is 2. The lowest BCUT2D eigenvalue weighted by molar-refractivity contribution is -0.143. The van der Waals surface area contributed by atoms with Gasteiger partial charge >= 0.3 is 5.97 Å². The van der Waals surface area contributed by atoms with Crippen LogP contribution in [0.25, 0.3) is 21.8 Å². The van der Waals surface area contributed by atoms with E-state index in [1.54, 1.807) is 28.8 Å². The Morgan fingerprint density at radius 1 is 0.906 bits per heavy atom. The number of aromatic nitrogens is 2. The third-order valence-corrected chi connectivity index (χ3v) is 5.85. The van der Waals surface area contributed by atoms with Crippen LogP contribution in [0.15, 0.2) is 59.4 Å². The number of hydrogen-bond acceptors (Lipinski definition) is 4. The molecule has 4 aromatic rings. The highest BCUT2D eigenvalue weighted by Crippen LogP contribution is 2.20. The third kappa shape index (κ3) is 3.84. The third-order valence-electron chi connectivity index (χ3n) is 5.85. The SMILES string of the molecule is CCCn1c(C)cc(C(=O)COC(=O)Cn2c3ccccc3c(=O)c3ccccc32)c1C. The van der Waals surface area contributed by atoms with E-state index in [1.807, 2.05) is 44.2 Å². The van der Waals surface area contributed by atoms with Gasteiger partial charge in [-0.15, -0.1) is 0 Å². The number of hydrogen-bond donors (Lipinski definition) is 0. The van der Waals surface area contributed by atoms with E-state index in [0.29, 0.717) is 27.4 Å². The second kappa shape index (κ2) is 8.83. The summed E-state index contributed by atoms with van der Waals surface area (Å²) >= 11 is 0. The standard InChI is InChI=1S/C26H26N2O4/c1-4-13-27-17(2)14-21(18(27)3)24(29)16-32-25(30)15-28-22-11-7-5-9-19(22)26(31)20-10-6-8-12-23(20)28/h5-12,14H,4,13,15-16H2,1-3H3. The molecule has 0 bridgehead atoms. The second-order valence-corrected chi connectivity index (χ2v) is 7.97. The summed E-state index contributed by atoms with van der Waals surface area (Å²) in [5, 5.41) is 1.08. The van der Waals surface area contributed by atoms with Crippen molar-refractivity contribution in [3.63, 3.8) is 0 Å². The van der Waals surface area contributed by atoms with E-state index in [-0.39, 0.29) is 24.4 Å². The number of fused-ring (bicyclic) bond motifs is 2. The maximum absolute atomic E-state index is 12.8. The Kier molecular flexibility index (Phi) is 5.95. The topological polar surface area (TPSA) is 70.3 Å². The van der Waals surface area contributed by atoms with Crippen LogP contribution in [-0.2, 0) is 22.6 Å². The number of aryl methyl sites for hydroxylation is 1. The van der Waals surface area contributed by atoms with Crippen LogP contribution in [0.3, 0.4) is 0 Å². The van der Waals surface area contributed by atoms with E-state index in [0.717, 1.165) is 24.4 Å². The number of pyridine rings is 1. The zero-order chi connectivity index (χ0) is 22.8. The molecular weight excluding hydrogens is 404 g/mol. The molecule has 6 nitrogen and oxygen atoms in total. The van der Waals surface area contributed by atoms with Gasteiger partial charge in [-0.2, -0.15) is 0 Å². The minimum absolute atomic E-state index is 0.0709. The summed E-state index contributed by atoms with van der Waals surface area (Å²) in [5.41, 5.74) is 3.74. The highest BCUT2D eigenvalue weighted by atomic mass is 16.5. The van der Waals surface area contributed by atoms with Crippen molar-refractivity contribution < 1.29 is 14.3 Å². The van der Waals surface area contributed by atoms with Crippen molar-refractivity contribution in [2.75, 3.05) is 6.61 Å². The lowest BCUT2D eigenvalue weighted by atomic mass is 10.1. The van der Waals surface area contributed by atoms with Crippen molar-refractivity contribution in [1.82, 2.24) is 9.13 Å². The molecule has 0 atom stereocenters. The first kappa shape index (κ1) is 21.6. The molecule has 0 N–H and O–H groups in total. The fourth-order valence-electron chi connectivity index (χ4n) is 4.30. The Hall–Kier alpha value is -3.67. The van der Waals surface area contributed by atoms with Crippen LogP contribution in [0.5, 0.6) is 0 Å². The smallest absolute Gasteiger partial charge is 0.326 e. The maximum atomic E-state index is 12.8. The van der Waals surface area contributed by atoms with Crippen LogP contribution in [0.4, 0.5) is 0 Å². The number of rotatable bonds is 7. The molecular formula is C26H26N2O4. The van der Waals surface area contributed by atoms with Gasteiger partial charge in [0.1, 0.15) is 6.54 Å². The number of esters is 1. The predicted octanol–water partition coefficient (Wildman–Crippen LogP) is 4.41. The Morgan fingerprint density at radius 3 is 2.09 bits per heavy atom. The van der Waals surface area contributed by atoms with Gasteiger partial charge in [0.25, 0.3) is 0 Å². The van der Waals surface area contributed by atoms with E-state index in [2.05, 4.69) is 11.5 Å². The van der Waals surface area contributed by atoms with Gasteiger partial charge in [-0.3, -0.25) is 14.4 Å². The summed E-state index contributed by atoms with van der Waals surface area (Å²) in [6, 6.07) is 16.2. The molecule has 2 aromatic heterocycles. The van der Waals surface area contributed by atoms with Crippen molar-refractivity contribution in [1.29, 1.82) is 0 Å². The minimum atomic E-state index is -0.528. The Bertz CT molecular complexity index is 1330. The molecule has 164 valence electrons. The molecule has 0 saturated heterocycles. The zero-order valence-corrected chi connectivity index (χ0v) is 18.6. The largest absolute Gasteiger partial charge is 0.456 e. The lowest BCUT2D eigenvalue weighted by Gasteiger charge is -2.14. The fraction of sp³-hybridized carbons (Fsp3) is 0.269. The molecule has 0 aliphatic rings. The van der Waals surface area contributed by atoms with Crippen LogP contribution < -0.4 is 5.43 Å². The van der Waals surface area contributed by atoms with Gasteiger partial charge in [-0.05, 0) is 50.6 Å². The number of ketones is 1. The quantitative estimate of drug-likeness (QED) is 0.247. The molecule has 0 spiro atoms. The summed E-state index contributed by atoms with van der Waals surface area (Å²) in [5.74, 6) is -0.747. The molecule has 0 radical (unpaired) electrons. The summed E-state index contributed by atoms with van der Waals surface area (Å²) < 4.78 is 9.23. The summed E-state index contributed by atoms with van der Waals surface area (Å²) in [4.78, 5) is 38.3. The van der Waals surface area contributed by atoms with Crippen molar-refractivity contribution in [3.05, 3.63) is 81.8 Å². The van der Waals surface area contributed by atoms with Gasteiger partial charge in [-0.25, -0.2) is 0 Å². The summed E-state index contributed by atoms with van der Waals surface area (Å²) in [6.45, 7) is 6.41. The van der Waals surface area contributed by atoms with E-state index < -0.39 is 5.97 Å². The molecule has 0 aliphatic heterocycles. The highest BCUT2D eigenvalue weighted by molar-refractivity contribution is 5.99. The molecule has 32 heavy (non-hydrogen) atoms. The molecule has 0 saturated carbocycles. The predicted molar refractivity (Wildman–Crippen MR) is 125 cm³/mol. The number of para-hydroxylation sites is 2. The molecule has 4 rings (SSSR count). The lowest BCUT2D eigenvalue weighted by Crippen LogP contribution is -2.21. The van der Waals surface area contributed by atoms with Crippen molar-refractivity contribution in [2.45, 2.75) is 40.3 Å². The van der Waals surface area contributed by atoms with Crippen LogP contribution in [0.2, 0.25) is 0 Å². The second-order valence-electron chi connectivity index (χ2n) is 7.97. The van der Waals surface area contributed by atoms with Crippen molar-refractivity contribution in [2.24, 2.45) is 0 Å². The van der Waals surface area contributed by atoms with Crippen LogP contribution >= 0.6 is 0 Å². The van der Waals surface area contributed by atoms with E-state index in [9.17, 15) is 14.4 Å². The first-order valence-electron chi connectivity index (χ1n) is 10.8. The van der Waals surface area contributed by atoms with Gasteiger partial charge in [0.2, 0.25) is 5.78 Å². The normalized spacial score (nSPS) is 11.2. The highest BCUT2D eigenvalue weighted by Gasteiger charge is 2.18. The fourth-order valence-corrected chi connectivity index (χ4v) is 4.30. The van der Waals surface area contributed by atoms with Crippen molar-refractivity contribution in [3.8, 4) is 0 Å². The van der Waals surface area contributed by atoms with Crippen molar-refractivity contribution >= 4 is 33.6 Å². The number of ether oxygens (including phenoxy) is 1. The van der Waals surface area contributed by atoms with Gasteiger partial charge in [-0.1, -0.05) is 31.2 Å². The number of nitrogens with zero attached hydrogens (tertiary/aromatic N) is 2. The molecule has 0 fully saturated rings.